The topological polar surface area (TPSA) is 26.3 Å². The molecular formula is C26H36O2. The van der Waals surface area contributed by atoms with E-state index in [2.05, 4.69) is 71.9 Å². The predicted molar refractivity (Wildman–Crippen MR) is 117 cm³/mol. The quantitative estimate of drug-likeness (QED) is 0.430. The first-order chi connectivity index (χ1) is 13.1. The third-order valence-corrected chi connectivity index (χ3v) is 6.76. The molecule has 0 N–H and O–H groups in total. The van der Waals surface area contributed by atoms with Crippen LogP contribution < -0.4 is 0 Å². The molecule has 1 fully saturated rings. The minimum Gasteiger partial charge on any atom is -0.466 e. The molecular weight excluding hydrogens is 344 g/mol. The van der Waals surface area contributed by atoms with Crippen molar-refractivity contribution in [2.75, 3.05) is 6.61 Å². The van der Waals surface area contributed by atoms with Crippen LogP contribution in [-0.4, -0.2) is 12.6 Å². The highest BCUT2D eigenvalue weighted by Gasteiger charge is 2.42. The Morgan fingerprint density at radius 1 is 1.14 bits per heavy atom. The van der Waals surface area contributed by atoms with Crippen molar-refractivity contribution in [3.63, 3.8) is 0 Å². The summed E-state index contributed by atoms with van der Waals surface area (Å²) in [7, 11) is 0. The van der Waals surface area contributed by atoms with Gasteiger partial charge in [0.15, 0.2) is 0 Å². The predicted octanol–water partition coefficient (Wildman–Crippen LogP) is 6.50. The minimum atomic E-state index is -0.0479. The number of carbonyl (C=O) groups is 1. The summed E-state index contributed by atoms with van der Waals surface area (Å²) in [4.78, 5) is 11.8. The van der Waals surface area contributed by atoms with E-state index in [4.69, 9.17) is 4.74 Å². The number of benzene rings is 1. The zero-order valence-electron chi connectivity index (χ0n) is 18.7. The first-order valence-electron chi connectivity index (χ1n) is 10.7. The Kier molecular flexibility index (Phi) is 5.62. The van der Waals surface area contributed by atoms with Gasteiger partial charge < -0.3 is 4.74 Å². The fourth-order valence-electron chi connectivity index (χ4n) is 4.53. The summed E-state index contributed by atoms with van der Waals surface area (Å²) in [5.74, 6) is 0.360. The number of hydrogen-bond acceptors (Lipinski definition) is 2. The minimum absolute atomic E-state index is 0.0479. The van der Waals surface area contributed by atoms with Crippen molar-refractivity contribution in [2.45, 2.75) is 78.6 Å². The molecule has 2 heteroatoms. The van der Waals surface area contributed by atoms with Crippen LogP contribution in [0.4, 0.5) is 0 Å². The average Bonchev–Trinajstić information content (AvgIpc) is 3.38. The second-order valence-corrected chi connectivity index (χ2v) is 9.97. The van der Waals surface area contributed by atoms with Crippen LogP contribution in [0.2, 0.25) is 0 Å². The Morgan fingerprint density at radius 3 is 2.36 bits per heavy atom. The average molecular weight is 381 g/mol. The molecule has 0 aliphatic heterocycles. The summed E-state index contributed by atoms with van der Waals surface area (Å²) in [6.45, 7) is 16.3. The molecule has 28 heavy (non-hydrogen) atoms. The molecule has 2 atom stereocenters. The summed E-state index contributed by atoms with van der Waals surface area (Å²) in [6, 6.07) is 4.86. The lowest BCUT2D eigenvalue weighted by atomic mass is 9.62. The Hall–Kier alpha value is -1.83. The van der Waals surface area contributed by atoms with Gasteiger partial charge in [-0.05, 0) is 84.6 Å². The van der Waals surface area contributed by atoms with Crippen LogP contribution in [0.1, 0.15) is 83.1 Å². The van der Waals surface area contributed by atoms with Gasteiger partial charge in [0.2, 0.25) is 0 Å². The number of rotatable bonds is 5. The van der Waals surface area contributed by atoms with Crippen LogP contribution in [-0.2, 0) is 20.4 Å². The first-order valence-corrected chi connectivity index (χ1v) is 10.7. The zero-order valence-corrected chi connectivity index (χ0v) is 18.7. The number of hydrogen-bond donors (Lipinski definition) is 0. The van der Waals surface area contributed by atoms with Gasteiger partial charge in [0.05, 0.1) is 12.5 Å². The van der Waals surface area contributed by atoms with Crippen molar-refractivity contribution in [1.82, 2.24) is 0 Å². The van der Waals surface area contributed by atoms with Crippen molar-refractivity contribution in [3.8, 4) is 0 Å². The number of carbonyl (C=O) groups excluding carboxylic acids is 1. The van der Waals surface area contributed by atoms with E-state index < -0.39 is 0 Å². The van der Waals surface area contributed by atoms with E-state index in [1.54, 1.807) is 0 Å². The molecule has 1 aromatic rings. The Morgan fingerprint density at radius 2 is 1.75 bits per heavy atom. The van der Waals surface area contributed by atoms with E-state index in [-0.39, 0.29) is 22.7 Å². The van der Waals surface area contributed by atoms with Gasteiger partial charge in [-0.2, -0.15) is 0 Å². The van der Waals surface area contributed by atoms with Gasteiger partial charge in [-0.25, -0.2) is 0 Å². The lowest BCUT2D eigenvalue weighted by molar-refractivity contribution is -0.144. The van der Waals surface area contributed by atoms with E-state index in [1.165, 1.54) is 40.7 Å². The molecule has 0 radical (unpaired) electrons. The Bertz CT molecular complexity index is 823. The fourth-order valence-corrected chi connectivity index (χ4v) is 4.53. The van der Waals surface area contributed by atoms with Gasteiger partial charge in [0.1, 0.15) is 0 Å². The van der Waals surface area contributed by atoms with E-state index in [0.717, 1.165) is 6.42 Å². The van der Waals surface area contributed by atoms with Crippen molar-refractivity contribution < 1.29 is 9.53 Å². The van der Waals surface area contributed by atoms with Crippen LogP contribution in [0.25, 0.3) is 5.57 Å². The number of aryl methyl sites for hydroxylation is 1. The third-order valence-electron chi connectivity index (χ3n) is 6.76. The molecule has 2 aliphatic carbocycles. The van der Waals surface area contributed by atoms with Crippen LogP contribution in [0.3, 0.4) is 0 Å². The summed E-state index contributed by atoms with van der Waals surface area (Å²) >= 11 is 0. The number of esters is 1. The van der Waals surface area contributed by atoms with E-state index in [1.807, 2.05) is 6.92 Å². The monoisotopic (exact) mass is 380 g/mol. The number of ether oxygens (including phenoxy) is 1. The molecule has 0 spiro atoms. The molecule has 0 unspecified atom stereocenters. The van der Waals surface area contributed by atoms with Crippen molar-refractivity contribution in [1.29, 1.82) is 0 Å². The molecule has 0 amide bonds. The second-order valence-electron chi connectivity index (χ2n) is 9.97. The summed E-state index contributed by atoms with van der Waals surface area (Å²) in [5, 5.41) is 0. The van der Waals surface area contributed by atoms with Crippen molar-refractivity contribution in [3.05, 3.63) is 52.6 Å². The highest BCUT2D eigenvalue weighted by Crippen LogP contribution is 2.47. The molecule has 0 aromatic heterocycles. The van der Waals surface area contributed by atoms with Gasteiger partial charge in [-0.1, -0.05) is 58.1 Å². The van der Waals surface area contributed by atoms with E-state index >= 15 is 0 Å². The van der Waals surface area contributed by atoms with Crippen molar-refractivity contribution in [2.24, 2.45) is 11.8 Å². The fraction of sp³-hybridized carbons (Fsp3) is 0.577. The second kappa shape index (κ2) is 7.54. The molecule has 2 aliphatic rings. The highest BCUT2D eigenvalue weighted by molar-refractivity contribution is 5.76. The smallest absolute Gasteiger partial charge is 0.309 e. The Balaban J connectivity index is 1.81. The van der Waals surface area contributed by atoms with Crippen LogP contribution in [0.5, 0.6) is 0 Å². The van der Waals surface area contributed by atoms with Gasteiger partial charge in [0.25, 0.3) is 0 Å². The molecule has 0 saturated heterocycles. The maximum Gasteiger partial charge on any atom is 0.309 e. The Labute approximate surface area is 171 Å². The number of fused-ring (bicyclic) bond motifs is 1. The highest BCUT2D eigenvalue weighted by atomic mass is 16.5. The van der Waals surface area contributed by atoms with Gasteiger partial charge in [0, 0.05) is 0 Å². The molecule has 0 bridgehead atoms. The van der Waals surface area contributed by atoms with Crippen molar-refractivity contribution >= 4 is 11.5 Å². The standard InChI is InChI=1S/C26H36O2/c1-8-28-24(27)21-15-19(21)11-9-10-17(2)20-16-23-22(14-18(20)3)25(4,5)12-13-26(23,6)7/h9-11,14,16,19,21H,8,12-13,15H2,1-7H3/t19-,21+/m0/s1. The normalized spacial score (nSPS) is 25.5. The van der Waals surface area contributed by atoms with Gasteiger partial charge >= 0.3 is 5.97 Å². The third kappa shape index (κ3) is 4.11. The zero-order chi connectivity index (χ0) is 20.7. The molecule has 152 valence electrons. The maximum absolute atomic E-state index is 11.8. The van der Waals surface area contributed by atoms with Gasteiger partial charge in [-0.15, -0.1) is 0 Å². The summed E-state index contributed by atoms with van der Waals surface area (Å²) in [6.07, 6.45) is 9.86. The van der Waals surface area contributed by atoms with Gasteiger partial charge in [-0.3, -0.25) is 4.79 Å². The SMILES string of the molecule is CCOC(=O)[C@@H]1C[C@@H]1C=CC=C(C)c1cc2c(cc1C)C(C)(C)CCC2(C)C. The van der Waals surface area contributed by atoms with Crippen LogP contribution in [0.15, 0.2) is 30.4 Å². The molecule has 3 rings (SSSR count). The maximum atomic E-state index is 11.8. The van der Waals surface area contributed by atoms with Crippen LogP contribution in [0, 0.1) is 18.8 Å². The lowest BCUT2D eigenvalue weighted by Crippen LogP contribution is -2.34. The molecule has 1 aromatic carbocycles. The largest absolute Gasteiger partial charge is 0.466 e. The summed E-state index contributed by atoms with van der Waals surface area (Å²) in [5.41, 5.74) is 7.47. The lowest BCUT2D eigenvalue weighted by Gasteiger charge is -2.42. The van der Waals surface area contributed by atoms with E-state index in [9.17, 15) is 4.79 Å². The molecule has 0 heterocycles. The van der Waals surface area contributed by atoms with E-state index in [0.29, 0.717) is 12.5 Å². The molecule has 1 saturated carbocycles. The summed E-state index contributed by atoms with van der Waals surface area (Å²) < 4.78 is 5.11. The first kappa shape index (κ1) is 20.9. The molecule has 2 nitrogen and oxygen atoms in total. The number of allylic oxidation sites excluding steroid dienone is 4. The van der Waals surface area contributed by atoms with Crippen LogP contribution >= 0.6 is 0 Å².